The Morgan fingerprint density at radius 3 is 2.40 bits per heavy atom. The van der Waals surface area contributed by atoms with Crippen molar-refractivity contribution in [3.05, 3.63) is 0 Å². The highest BCUT2D eigenvalue weighted by Gasteiger charge is 2.25. The number of nitrogens with one attached hydrogen (secondary N) is 1. The van der Waals surface area contributed by atoms with Crippen LogP contribution in [0.1, 0.15) is 47.0 Å². The first kappa shape index (κ1) is 13.0. The third-order valence-electron chi connectivity index (χ3n) is 3.48. The molecule has 1 aliphatic heterocycles. The van der Waals surface area contributed by atoms with E-state index in [0.717, 1.165) is 6.54 Å². The van der Waals surface area contributed by atoms with Gasteiger partial charge in [0.2, 0.25) is 0 Å². The molecule has 1 N–H and O–H groups in total. The molecule has 1 unspecified atom stereocenters. The molecule has 0 amide bonds. The van der Waals surface area contributed by atoms with Crippen molar-refractivity contribution >= 4 is 0 Å². The summed E-state index contributed by atoms with van der Waals surface area (Å²) in [7, 11) is 0. The lowest BCUT2D eigenvalue weighted by Crippen LogP contribution is -2.44. The molecule has 1 heterocycles. The highest BCUT2D eigenvalue weighted by atomic mass is 15.2. The first-order chi connectivity index (χ1) is 7.03. The van der Waals surface area contributed by atoms with Gasteiger partial charge in [0.05, 0.1) is 0 Å². The largest absolute Gasteiger partial charge is 0.313 e. The minimum absolute atomic E-state index is 0.580. The van der Waals surface area contributed by atoms with Crippen molar-refractivity contribution in [3.63, 3.8) is 0 Å². The molecule has 1 rings (SSSR count). The Balaban J connectivity index is 2.17. The van der Waals surface area contributed by atoms with Gasteiger partial charge in [0.15, 0.2) is 0 Å². The number of rotatable bonds is 5. The van der Waals surface area contributed by atoms with Crippen LogP contribution < -0.4 is 5.32 Å². The summed E-state index contributed by atoms with van der Waals surface area (Å²) in [5.41, 5.74) is 0.580. The van der Waals surface area contributed by atoms with E-state index < -0.39 is 0 Å². The minimum atomic E-state index is 0.580. The fourth-order valence-corrected chi connectivity index (χ4v) is 2.18. The lowest BCUT2D eigenvalue weighted by molar-refractivity contribution is 0.124. The van der Waals surface area contributed by atoms with Gasteiger partial charge < -0.3 is 10.2 Å². The molecule has 0 saturated carbocycles. The molecule has 0 aromatic carbocycles. The van der Waals surface area contributed by atoms with Crippen molar-refractivity contribution in [2.75, 3.05) is 26.2 Å². The summed E-state index contributed by atoms with van der Waals surface area (Å²) < 4.78 is 0. The fraction of sp³-hybridized carbons (Fsp3) is 1.00. The predicted molar refractivity (Wildman–Crippen MR) is 67.2 cm³/mol. The van der Waals surface area contributed by atoms with E-state index in [1.807, 2.05) is 0 Å². The van der Waals surface area contributed by atoms with E-state index in [2.05, 4.69) is 37.9 Å². The minimum Gasteiger partial charge on any atom is -0.313 e. The third kappa shape index (κ3) is 4.98. The Morgan fingerprint density at radius 1 is 1.27 bits per heavy atom. The van der Waals surface area contributed by atoms with Crippen molar-refractivity contribution in [2.24, 2.45) is 5.41 Å². The summed E-state index contributed by atoms with van der Waals surface area (Å²) in [5, 5.41) is 3.56. The standard InChI is InChI=1S/C13H28N2/c1-5-8-14-12(2)11-15-9-6-13(3,4)7-10-15/h12,14H,5-11H2,1-4H3. The molecule has 0 bridgehead atoms. The number of hydrogen-bond donors (Lipinski definition) is 1. The van der Waals surface area contributed by atoms with Crippen LogP contribution in [-0.4, -0.2) is 37.1 Å². The van der Waals surface area contributed by atoms with Crippen molar-refractivity contribution in [3.8, 4) is 0 Å². The van der Waals surface area contributed by atoms with Gasteiger partial charge in [-0.25, -0.2) is 0 Å². The van der Waals surface area contributed by atoms with E-state index >= 15 is 0 Å². The van der Waals surface area contributed by atoms with Gasteiger partial charge in [-0.1, -0.05) is 20.8 Å². The van der Waals surface area contributed by atoms with Gasteiger partial charge in [-0.15, -0.1) is 0 Å². The molecule has 1 fully saturated rings. The van der Waals surface area contributed by atoms with Crippen LogP contribution in [0.5, 0.6) is 0 Å². The van der Waals surface area contributed by atoms with Crippen LogP contribution in [0.15, 0.2) is 0 Å². The molecule has 0 spiro atoms. The summed E-state index contributed by atoms with van der Waals surface area (Å²) >= 11 is 0. The summed E-state index contributed by atoms with van der Waals surface area (Å²) in [4.78, 5) is 2.61. The number of likely N-dealkylation sites (tertiary alicyclic amines) is 1. The molecule has 0 aromatic rings. The van der Waals surface area contributed by atoms with Crippen LogP contribution in [0.3, 0.4) is 0 Å². The van der Waals surface area contributed by atoms with Crippen LogP contribution in [0.25, 0.3) is 0 Å². The van der Waals surface area contributed by atoms with Gasteiger partial charge in [0.25, 0.3) is 0 Å². The Morgan fingerprint density at radius 2 is 1.87 bits per heavy atom. The maximum absolute atomic E-state index is 3.56. The SMILES string of the molecule is CCCNC(C)CN1CCC(C)(C)CC1. The molecule has 2 nitrogen and oxygen atoms in total. The van der Waals surface area contributed by atoms with Crippen molar-refractivity contribution in [2.45, 2.75) is 53.0 Å². The average molecular weight is 212 g/mol. The topological polar surface area (TPSA) is 15.3 Å². The molecular weight excluding hydrogens is 184 g/mol. The van der Waals surface area contributed by atoms with E-state index in [1.165, 1.54) is 38.9 Å². The normalized spacial score (nSPS) is 24.0. The number of hydrogen-bond acceptors (Lipinski definition) is 2. The first-order valence-corrected chi connectivity index (χ1v) is 6.49. The molecule has 0 radical (unpaired) electrons. The fourth-order valence-electron chi connectivity index (χ4n) is 2.18. The van der Waals surface area contributed by atoms with E-state index in [0.29, 0.717) is 11.5 Å². The first-order valence-electron chi connectivity index (χ1n) is 6.49. The maximum Gasteiger partial charge on any atom is 0.0166 e. The van der Waals surface area contributed by atoms with Gasteiger partial charge in [0, 0.05) is 12.6 Å². The predicted octanol–water partition coefficient (Wildman–Crippen LogP) is 2.50. The monoisotopic (exact) mass is 212 g/mol. The Bertz CT molecular complexity index is 167. The second-order valence-electron chi connectivity index (χ2n) is 5.82. The summed E-state index contributed by atoms with van der Waals surface area (Å²) in [6, 6.07) is 0.645. The Kier molecular flexibility index (Phi) is 5.07. The van der Waals surface area contributed by atoms with E-state index in [-0.39, 0.29) is 0 Å². The lowest BCUT2D eigenvalue weighted by atomic mass is 9.82. The van der Waals surface area contributed by atoms with Crippen LogP contribution in [-0.2, 0) is 0 Å². The lowest BCUT2D eigenvalue weighted by Gasteiger charge is -2.38. The third-order valence-corrected chi connectivity index (χ3v) is 3.48. The summed E-state index contributed by atoms with van der Waals surface area (Å²) in [5.74, 6) is 0. The van der Waals surface area contributed by atoms with Gasteiger partial charge in [0.1, 0.15) is 0 Å². The maximum atomic E-state index is 3.56. The second kappa shape index (κ2) is 5.86. The zero-order valence-electron chi connectivity index (χ0n) is 11.0. The van der Waals surface area contributed by atoms with Crippen LogP contribution in [0.4, 0.5) is 0 Å². The summed E-state index contributed by atoms with van der Waals surface area (Å²) in [6.45, 7) is 14.2. The second-order valence-corrected chi connectivity index (χ2v) is 5.82. The van der Waals surface area contributed by atoms with Gasteiger partial charge in [-0.05, 0) is 51.2 Å². The molecule has 0 aromatic heterocycles. The van der Waals surface area contributed by atoms with Crippen LogP contribution in [0.2, 0.25) is 0 Å². The molecular formula is C13H28N2. The zero-order chi connectivity index (χ0) is 11.3. The van der Waals surface area contributed by atoms with Crippen molar-refractivity contribution in [1.82, 2.24) is 10.2 Å². The molecule has 1 aliphatic rings. The quantitative estimate of drug-likeness (QED) is 0.753. The molecule has 0 aliphatic carbocycles. The molecule has 15 heavy (non-hydrogen) atoms. The zero-order valence-corrected chi connectivity index (χ0v) is 11.0. The van der Waals surface area contributed by atoms with E-state index in [1.54, 1.807) is 0 Å². The molecule has 2 heteroatoms. The van der Waals surface area contributed by atoms with E-state index in [4.69, 9.17) is 0 Å². The Hall–Kier alpha value is -0.0800. The highest BCUT2D eigenvalue weighted by Crippen LogP contribution is 2.29. The number of piperidine rings is 1. The average Bonchev–Trinajstić information content (AvgIpc) is 2.18. The smallest absolute Gasteiger partial charge is 0.0166 e. The number of nitrogens with zero attached hydrogens (tertiary/aromatic N) is 1. The van der Waals surface area contributed by atoms with Crippen molar-refractivity contribution in [1.29, 1.82) is 0 Å². The van der Waals surface area contributed by atoms with Gasteiger partial charge in [-0.2, -0.15) is 0 Å². The molecule has 1 atom stereocenters. The van der Waals surface area contributed by atoms with Gasteiger partial charge >= 0.3 is 0 Å². The molecule has 90 valence electrons. The highest BCUT2D eigenvalue weighted by molar-refractivity contribution is 4.80. The molecule has 1 saturated heterocycles. The van der Waals surface area contributed by atoms with Crippen molar-refractivity contribution < 1.29 is 0 Å². The summed E-state index contributed by atoms with van der Waals surface area (Å²) in [6.07, 6.45) is 3.94. The van der Waals surface area contributed by atoms with Crippen LogP contribution >= 0.6 is 0 Å². The van der Waals surface area contributed by atoms with Crippen LogP contribution in [0, 0.1) is 5.41 Å². The van der Waals surface area contributed by atoms with Gasteiger partial charge in [-0.3, -0.25) is 0 Å². The Labute approximate surface area is 95.4 Å². The van der Waals surface area contributed by atoms with E-state index in [9.17, 15) is 0 Å².